The Morgan fingerprint density at radius 3 is 1.17 bits per heavy atom. The predicted molar refractivity (Wildman–Crippen MR) is 270 cm³/mol. The molecule has 0 aliphatic heterocycles. The molecule has 14 aromatic rings. The van der Waals surface area contributed by atoms with Crippen LogP contribution in [0.4, 0.5) is 0 Å². The third-order valence-corrected chi connectivity index (χ3v) is 13.6. The van der Waals surface area contributed by atoms with Gasteiger partial charge >= 0.3 is 0 Å². The molecule has 0 spiro atoms. The molecule has 0 N–H and O–H groups in total. The van der Waals surface area contributed by atoms with Gasteiger partial charge in [-0.15, -0.1) is 0 Å². The van der Waals surface area contributed by atoms with E-state index in [4.69, 9.17) is 8.83 Å². The van der Waals surface area contributed by atoms with Crippen molar-refractivity contribution < 1.29 is 8.83 Å². The fraction of sp³-hybridized carbons (Fsp3) is 0. The van der Waals surface area contributed by atoms with E-state index in [9.17, 15) is 0 Å². The molecule has 0 bridgehead atoms. The lowest BCUT2D eigenvalue weighted by atomic mass is 9.85. The van der Waals surface area contributed by atoms with Gasteiger partial charge in [0.1, 0.15) is 22.3 Å². The maximum Gasteiger partial charge on any atom is 0.143 e. The first kappa shape index (κ1) is 35.2. The van der Waals surface area contributed by atoms with E-state index in [1.54, 1.807) is 0 Å². The van der Waals surface area contributed by atoms with Crippen LogP contribution in [0.15, 0.2) is 227 Å². The summed E-state index contributed by atoms with van der Waals surface area (Å²) in [4.78, 5) is 0. The highest BCUT2D eigenvalue weighted by Crippen LogP contribution is 2.49. The maximum atomic E-state index is 6.97. The summed E-state index contributed by atoms with van der Waals surface area (Å²) in [5.74, 6) is 0. The summed E-state index contributed by atoms with van der Waals surface area (Å²) in [5.41, 5.74) is 13.1. The summed E-state index contributed by atoms with van der Waals surface area (Å²) in [5, 5.41) is 16.6. The highest BCUT2D eigenvalue weighted by atomic mass is 16.3. The molecule has 2 heterocycles. The molecule has 296 valence electrons. The fourth-order valence-corrected chi connectivity index (χ4v) is 10.9. The standard InChI is InChI=1S/C62H36O2/c1-2-15-37(16-3-1)58-46-23-10-12-25-48(46)61(49-26-13-11-24-47(49)58)51-28-14-27-50-52-34-40(30-32-56(52)64-62(50)51)59-42-19-6-8-21-44(42)60(45-22-9-7-20-43(45)59)41-29-31-55-53(35-41)54-33-38-17-4-5-18-39(38)36-57(54)63-55/h1-36H. The van der Waals surface area contributed by atoms with Gasteiger partial charge in [-0.2, -0.15) is 0 Å². The van der Waals surface area contributed by atoms with Crippen LogP contribution in [0.3, 0.4) is 0 Å². The minimum atomic E-state index is 0.874. The van der Waals surface area contributed by atoms with E-state index < -0.39 is 0 Å². The van der Waals surface area contributed by atoms with E-state index >= 15 is 0 Å². The van der Waals surface area contributed by atoms with Gasteiger partial charge in [0.15, 0.2) is 0 Å². The molecule has 2 heteroatoms. The zero-order valence-corrected chi connectivity index (χ0v) is 34.6. The number of para-hydroxylation sites is 1. The number of hydrogen-bond donors (Lipinski definition) is 0. The normalized spacial score (nSPS) is 12.1. The first-order valence-corrected chi connectivity index (χ1v) is 22.0. The summed E-state index contributed by atoms with van der Waals surface area (Å²) in [6.45, 7) is 0. The van der Waals surface area contributed by atoms with Crippen molar-refractivity contribution in [1.29, 1.82) is 0 Å². The number of furan rings is 2. The second-order valence-electron chi connectivity index (χ2n) is 17.1. The van der Waals surface area contributed by atoms with Gasteiger partial charge in [0.05, 0.1) is 0 Å². The summed E-state index contributed by atoms with van der Waals surface area (Å²) in [6, 6.07) is 79.2. The predicted octanol–water partition coefficient (Wildman–Crippen LogP) is 17.9. The number of benzene rings is 12. The van der Waals surface area contributed by atoms with Crippen molar-refractivity contribution in [2.75, 3.05) is 0 Å². The van der Waals surface area contributed by atoms with E-state index in [-0.39, 0.29) is 0 Å². The molecule has 0 aliphatic rings. The van der Waals surface area contributed by atoms with Crippen LogP contribution in [0.1, 0.15) is 0 Å². The highest BCUT2D eigenvalue weighted by molar-refractivity contribution is 6.26. The first-order chi connectivity index (χ1) is 31.7. The van der Waals surface area contributed by atoms with Crippen molar-refractivity contribution in [3.63, 3.8) is 0 Å². The minimum Gasteiger partial charge on any atom is -0.456 e. The highest BCUT2D eigenvalue weighted by Gasteiger charge is 2.22. The Labute approximate surface area is 367 Å². The Balaban J connectivity index is 0.981. The van der Waals surface area contributed by atoms with Crippen LogP contribution in [0.5, 0.6) is 0 Å². The van der Waals surface area contributed by atoms with Crippen molar-refractivity contribution in [1.82, 2.24) is 0 Å². The lowest BCUT2D eigenvalue weighted by Gasteiger charge is -2.18. The molecule has 14 rings (SSSR count). The molecule has 64 heavy (non-hydrogen) atoms. The molecule has 2 nitrogen and oxygen atoms in total. The van der Waals surface area contributed by atoms with Gasteiger partial charge < -0.3 is 8.83 Å². The van der Waals surface area contributed by atoms with Gasteiger partial charge in [0.2, 0.25) is 0 Å². The van der Waals surface area contributed by atoms with E-state index in [1.807, 2.05) is 0 Å². The molecule has 0 radical (unpaired) electrons. The largest absolute Gasteiger partial charge is 0.456 e. The fourth-order valence-electron chi connectivity index (χ4n) is 10.9. The van der Waals surface area contributed by atoms with Crippen LogP contribution < -0.4 is 0 Å². The monoisotopic (exact) mass is 812 g/mol. The Morgan fingerprint density at radius 1 is 0.219 bits per heavy atom. The Morgan fingerprint density at radius 2 is 0.625 bits per heavy atom. The Hall–Kier alpha value is -8.46. The van der Waals surface area contributed by atoms with Gasteiger partial charge in [-0.25, -0.2) is 0 Å². The molecule has 0 aliphatic carbocycles. The van der Waals surface area contributed by atoms with E-state index in [0.717, 1.165) is 55.0 Å². The molecule has 0 amide bonds. The number of hydrogen-bond acceptors (Lipinski definition) is 2. The third-order valence-electron chi connectivity index (χ3n) is 13.6. The zero-order valence-electron chi connectivity index (χ0n) is 34.6. The first-order valence-electron chi connectivity index (χ1n) is 22.0. The van der Waals surface area contributed by atoms with E-state index in [1.165, 1.54) is 87.2 Å². The van der Waals surface area contributed by atoms with Gasteiger partial charge in [-0.1, -0.05) is 182 Å². The number of fused-ring (bicyclic) bond motifs is 11. The Kier molecular flexibility index (Phi) is 7.43. The smallest absolute Gasteiger partial charge is 0.143 e. The maximum absolute atomic E-state index is 6.97. The van der Waals surface area contributed by atoms with Crippen molar-refractivity contribution in [2.45, 2.75) is 0 Å². The zero-order chi connectivity index (χ0) is 41.9. The molecule has 0 fully saturated rings. The average Bonchev–Trinajstić information content (AvgIpc) is 3.91. The third kappa shape index (κ3) is 5.08. The summed E-state index contributed by atoms with van der Waals surface area (Å²) >= 11 is 0. The molecule has 2 aromatic heterocycles. The molecule has 0 saturated carbocycles. The summed E-state index contributed by atoms with van der Waals surface area (Å²) in [6.07, 6.45) is 0. The van der Waals surface area contributed by atoms with Gasteiger partial charge in [0.25, 0.3) is 0 Å². The second kappa shape index (κ2) is 13.5. The average molecular weight is 813 g/mol. The Bertz CT molecular complexity index is 4130. The van der Waals surface area contributed by atoms with Gasteiger partial charge in [-0.3, -0.25) is 0 Å². The molecular formula is C62H36O2. The van der Waals surface area contributed by atoms with Crippen molar-refractivity contribution in [3.8, 4) is 44.5 Å². The summed E-state index contributed by atoms with van der Waals surface area (Å²) in [7, 11) is 0. The quantitative estimate of drug-likeness (QED) is 0.166. The molecule has 12 aromatic carbocycles. The van der Waals surface area contributed by atoms with Crippen molar-refractivity contribution in [3.05, 3.63) is 218 Å². The molecule has 0 unspecified atom stereocenters. The van der Waals surface area contributed by atoms with Gasteiger partial charge in [0, 0.05) is 32.7 Å². The van der Waals surface area contributed by atoms with Crippen LogP contribution in [0.2, 0.25) is 0 Å². The molecule has 0 atom stereocenters. The van der Waals surface area contributed by atoms with Crippen LogP contribution in [0, 0.1) is 0 Å². The summed E-state index contributed by atoms with van der Waals surface area (Å²) < 4.78 is 13.4. The molecule has 0 saturated heterocycles. The lowest BCUT2D eigenvalue weighted by molar-refractivity contribution is 0.669. The number of rotatable bonds is 4. The van der Waals surface area contributed by atoms with Crippen LogP contribution >= 0.6 is 0 Å². The van der Waals surface area contributed by atoms with Gasteiger partial charge in [-0.05, 0) is 124 Å². The molecular weight excluding hydrogens is 777 g/mol. The SMILES string of the molecule is c1ccc(-c2c3ccccc3c(-c3cccc4c3oc3ccc(-c5c6ccccc6c(-c6ccc7oc8cc9ccccc9cc8c7c6)c6ccccc56)cc34)c3ccccc23)cc1. The van der Waals surface area contributed by atoms with Crippen LogP contribution in [0.25, 0.3) is 142 Å². The topological polar surface area (TPSA) is 26.3 Å². The van der Waals surface area contributed by atoms with Crippen LogP contribution in [-0.2, 0) is 0 Å². The lowest BCUT2D eigenvalue weighted by Crippen LogP contribution is -1.91. The van der Waals surface area contributed by atoms with Crippen molar-refractivity contribution in [2.24, 2.45) is 0 Å². The van der Waals surface area contributed by atoms with Crippen molar-refractivity contribution >= 4 is 97.7 Å². The van der Waals surface area contributed by atoms with E-state index in [0.29, 0.717) is 0 Å². The minimum absolute atomic E-state index is 0.874. The van der Waals surface area contributed by atoms with Crippen LogP contribution in [-0.4, -0.2) is 0 Å². The van der Waals surface area contributed by atoms with E-state index in [2.05, 4.69) is 218 Å². The second-order valence-corrected chi connectivity index (χ2v) is 17.1.